The monoisotopic (exact) mass is 345 g/mol. The first-order valence-corrected chi connectivity index (χ1v) is 8.19. The molecule has 1 aromatic carbocycles. The normalized spacial score (nSPS) is 11.6. The summed E-state index contributed by atoms with van der Waals surface area (Å²) in [4.78, 5) is 3.79. The molecule has 112 valence electrons. The molecule has 2 rings (SSSR count). The van der Waals surface area contributed by atoms with Crippen molar-refractivity contribution in [3.05, 3.63) is 51.8 Å². The lowest BCUT2D eigenvalue weighted by molar-refractivity contribution is 0.581. The summed E-state index contributed by atoms with van der Waals surface area (Å²) < 4.78 is 27.1. The fraction of sp³-hybridized carbons (Fsp3) is 0.154. The van der Waals surface area contributed by atoms with Crippen LogP contribution in [0.25, 0.3) is 0 Å². The number of halogens is 2. The van der Waals surface area contributed by atoms with Crippen molar-refractivity contribution < 1.29 is 8.42 Å². The van der Waals surface area contributed by atoms with Gasteiger partial charge in [0.05, 0.1) is 10.7 Å². The molecule has 0 saturated heterocycles. The fourth-order valence-electron chi connectivity index (χ4n) is 1.79. The van der Waals surface area contributed by atoms with E-state index in [9.17, 15) is 8.42 Å². The highest BCUT2D eigenvalue weighted by molar-refractivity contribution is 7.89. The minimum absolute atomic E-state index is 0.00269. The first-order chi connectivity index (χ1) is 9.81. The van der Waals surface area contributed by atoms with E-state index in [0.29, 0.717) is 0 Å². The fourth-order valence-corrected chi connectivity index (χ4v) is 3.78. The first kappa shape index (κ1) is 16.0. The van der Waals surface area contributed by atoms with Crippen molar-refractivity contribution in [2.45, 2.75) is 18.4 Å². The molecular formula is C13H13Cl2N3O2S. The van der Waals surface area contributed by atoms with Crippen molar-refractivity contribution in [1.82, 2.24) is 9.71 Å². The maximum absolute atomic E-state index is 12.3. The van der Waals surface area contributed by atoms with E-state index >= 15 is 0 Å². The Kier molecular flexibility index (Phi) is 4.73. The maximum atomic E-state index is 12.3. The van der Waals surface area contributed by atoms with Crippen LogP contribution in [0, 0.1) is 6.92 Å². The number of aromatic nitrogens is 1. The highest BCUT2D eigenvalue weighted by Crippen LogP contribution is 2.31. The van der Waals surface area contributed by atoms with Gasteiger partial charge in [-0.2, -0.15) is 0 Å². The Bertz CT molecular complexity index is 756. The Hall–Kier alpha value is -1.34. The summed E-state index contributed by atoms with van der Waals surface area (Å²) in [5.41, 5.74) is 7.41. The zero-order valence-electron chi connectivity index (χ0n) is 11.1. The Morgan fingerprint density at radius 1 is 1.33 bits per heavy atom. The second-order valence-corrected chi connectivity index (χ2v) is 6.98. The van der Waals surface area contributed by atoms with Gasteiger partial charge in [0.15, 0.2) is 0 Å². The Morgan fingerprint density at radius 2 is 2.05 bits per heavy atom. The average molecular weight is 346 g/mol. The van der Waals surface area contributed by atoms with Crippen LogP contribution in [0.4, 0.5) is 5.69 Å². The molecule has 0 saturated carbocycles. The SMILES string of the molecule is Cc1ccncc1CNS(=O)(=O)c1c(N)cc(Cl)cc1Cl. The summed E-state index contributed by atoms with van der Waals surface area (Å²) >= 11 is 11.7. The second kappa shape index (κ2) is 6.19. The van der Waals surface area contributed by atoms with Gasteiger partial charge in [0, 0.05) is 24.0 Å². The molecule has 0 atom stereocenters. The molecule has 0 unspecified atom stereocenters. The molecule has 0 radical (unpaired) electrons. The molecule has 0 aliphatic carbocycles. The number of nitrogens with two attached hydrogens (primary N) is 1. The third-order valence-corrected chi connectivity index (χ3v) is 5.05. The first-order valence-electron chi connectivity index (χ1n) is 5.95. The van der Waals surface area contributed by atoms with Crippen LogP contribution < -0.4 is 10.5 Å². The van der Waals surface area contributed by atoms with Gasteiger partial charge in [-0.25, -0.2) is 13.1 Å². The summed E-state index contributed by atoms with van der Waals surface area (Å²) in [5, 5.41) is 0.259. The number of nitrogen functional groups attached to an aromatic ring is 1. The molecule has 1 heterocycles. The number of nitrogens with zero attached hydrogens (tertiary/aromatic N) is 1. The van der Waals surface area contributed by atoms with Crippen molar-refractivity contribution in [1.29, 1.82) is 0 Å². The van der Waals surface area contributed by atoms with Crippen LogP contribution >= 0.6 is 23.2 Å². The van der Waals surface area contributed by atoms with E-state index < -0.39 is 10.0 Å². The number of benzene rings is 1. The minimum Gasteiger partial charge on any atom is -0.398 e. The molecule has 21 heavy (non-hydrogen) atoms. The number of hydrogen-bond acceptors (Lipinski definition) is 4. The topological polar surface area (TPSA) is 85.1 Å². The van der Waals surface area contributed by atoms with Gasteiger partial charge in [-0.1, -0.05) is 23.2 Å². The molecule has 2 aromatic rings. The Balaban J connectivity index is 2.30. The van der Waals surface area contributed by atoms with Gasteiger partial charge in [0.25, 0.3) is 0 Å². The molecule has 0 spiro atoms. The smallest absolute Gasteiger partial charge is 0.244 e. The quantitative estimate of drug-likeness (QED) is 0.834. The van der Waals surface area contributed by atoms with Crippen molar-refractivity contribution in [3.63, 3.8) is 0 Å². The largest absolute Gasteiger partial charge is 0.398 e. The van der Waals surface area contributed by atoms with E-state index in [-0.39, 0.29) is 27.2 Å². The number of nitrogens with one attached hydrogen (secondary N) is 1. The summed E-state index contributed by atoms with van der Waals surface area (Å²) in [6, 6.07) is 4.48. The van der Waals surface area contributed by atoms with Gasteiger partial charge in [0.2, 0.25) is 10.0 Å². The van der Waals surface area contributed by atoms with Gasteiger partial charge in [-0.05, 0) is 36.2 Å². The molecule has 0 aliphatic heterocycles. The highest BCUT2D eigenvalue weighted by Gasteiger charge is 2.22. The third kappa shape index (κ3) is 3.65. The van der Waals surface area contributed by atoms with E-state index in [1.807, 2.05) is 6.92 Å². The average Bonchev–Trinajstić information content (AvgIpc) is 2.36. The molecule has 0 fully saturated rings. The predicted molar refractivity (Wildman–Crippen MR) is 83.9 cm³/mol. The van der Waals surface area contributed by atoms with Crippen LogP contribution in [-0.2, 0) is 16.6 Å². The van der Waals surface area contributed by atoms with Crippen LogP contribution in [0.2, 0.25) is 10.0 Å². The second-order valence-electron chi connectivity index (χ2n) is 4.43. The minimum atomic E-state index is -3.85. The predicted octanol–water partition coefficient (Wildman–Crippen LogP) is 2.76. The van der Waals surface area contributed by atoms with E-state index in [2.05, 4.69) is 9.71 Å². The molecule has 0 amide bonds. The van der Waals surface area contributed by atoms with Crippen LogP contribution in [0.15, 0.2) is 35.5 Å². The zero-order valence-corrected chi connectivity index (χ0v) is 13.4. The number of sulfonamides is 1. The van der Waals surface area contributed by atoms with Gasteiger partial charge in [0.1, 0.15) is 4.90 Å². The van der Waals surface area contributed by atoms with Gasteiger partial charge >= 0.3 is 0 Å². The van der Waals surface area contributed by atoms with E-state index in [0.717, 1.165) is 11.1 Å². The summed E-state index contributed by atoms with van der Waals surface area (Å²) in [7, 11) is -3.85. The van der Waals surface area contributed by atoms with Crippen LogP contribution in [0.3, 0.4) is 0 Å². The molecule has 1 aromatic heterocycles. The Morgan fingerprint density at radius 3 is 2.67 bits per heavy atom. The summed E-state index contributed by atoms with van der Waals surface area (Å²) in [6.45, 7) is 1.97. The van der Waals surface area contributed by atoms with Crippen molar-refractivity contribution in [3.8, 4) is 0 Å². The lowest BCUT2D eigenvalue weighted by atomic mass is 10.2. The van der Waals surface area contributed by atoms with Crippen molar-refractivity contribution in [2.75, 3.05) is 5.73 Å². The third-order valence-electron chi connectivity index (χ3n) is 2.91. The molecule has 8 heteroatoms. The van der Waals surface area contributed by atoms with Crippen molar-refractivity contribution in [2.24, 2.45) is 0 Å². The standard InChI is InChI=1S/C13H13Cl2N3O2S/c1-8-2-3-17-6-9(8)7-18-21(19,20)13-11(15)4-10(14)5-12(13)16/h2-6,18H,7,16H2,1H3. The molecular weight excluding hydrogens is 333 g/mol. The highest BCUT2D eigenvalue weighted by atomic mass is 35.5. The number of anilines is 1. The van der Waals surface area contributed by atoms with Gasteiger partial charge in [-0.15, -0.1) is 0 Å². The number of pyridine rings is 1. The van der Waals surface area contributed by atoms with Gasteiger partial charge in [-0.3, -0.25) is 4.98 Å². The van der Waals surface area contributed by atoms with Crippen LogP contribution in [0.1, 0.15) is 11.1 Å². The molecule has 3 N–H and O–H groups in total. The van der Waals surface area contributed by atoms with Crippen molar-refractivity contribution >= 4 is 38.9 Å². The van der Waals surface area contributed by atoms with Crippen LogP contribution in [-0.4, -0.2) is 13.4 Å². The van der Waals surface area contributed by atoms with Gasteiger partial charge < -0.3 is 5.73 Å². The molecule has 0 bridgehead atoms. The number of hydrogen-bond donors (Lipinski definition) is 2. The number of rotatable bonds is 4. The summed E-state index contributed by atoms with van der Waals surface area (Å²) in [6.07, 6.45) is 3.24. The van der Waals surface area contributed by atoms with E-state index in [4.69, 9.17) is 28.9 Å². The van der Waals surface area contributed by atoms with Crippen LogP contribution in [0.5, 0.6) is 0 Å². The maximum Gasteiger partial charge on any atom is 0.244 e. The lowest BCUT2D eigenvalue weighted by Crippen LogP contribution is -2.25. The van der Waals surface area contributed by atoms with E-state index in [1.54, 1.807) is 18.5 Å². The zero-order chi connectivity index (χ0) is 15.6. The number of aryl methyl sites for hydroxylation is 1. The molecule has 0 aliphatic rings. The molecule has 5 nitrogen and oxygen atoms in total. The van der Waals surface area contributed by atoms with E-state index in [1.165, 1.54) is 12.1 Å². The summed E-state index contributed by atoms with van der Waals surface area (Å²) in [5.74, 6) is 0. The Labute approximate surface area is 133 Å². The lowest BCUT2D eigenvalue weighted by Gasteiger charge is -2.12.